The van der Waals surface area contributed by atoms with Crippen molar-refractivity contribution in [1.29, 1.82) is 0 Å². The number of benzene rings is 1. The third kappa shape index (κ3) is 1.69. The summed E-state index contributed by atoms with van der Waals surface area (Å²) in [7, 11) is 1.57. The summed E-state index contributed by atoms with van der Waals surface area (Å²) in [5, 5.41) is 19.2. The molecular formula is C10H10N2O3. The van der Waals surface area contributed by atoms with Gasteiger partial charge in [-0.25, -0.2) is 0 Å². The van der Waals surface area contributed by atoms with Crippen molar-refractivity contribution >= 4 is 10.9 Å². The van der Waals surface area contributed by atoms with Gasteiger partial charge < -0.3 is 14.9 Å². The fourth-order valence-electron chi connectivity index (χ4n) is 1.46. The van der Waals surface area contributed by atoms with E-state index >= 15 is 0 Å². The van der Waals surface area contributed by atoms with Crippen molar-refractivity contribution in [3.05, 3.63) is 23.8 Å². The molecule has 0 aliphatic heterocycles. The fourth-order valence-corrected chi connectivity index (χ4v) is 1.46. The van der Waals surface area contributed by atoms with E-state index in [2.05, 4.69) is 9.97 Å². The van der Waals surface area contributed by atoms with Gasteiger partial charge >= 0.3 is 6.01 Å². The van der Waals surface area contributed by atoms with E-state index in [1.54, 1.807) is 19.2 Å². The van der Waals surface area contributed by atoms with Gasteiger partial charge in [0, 0.05) is 12.7 Å². The lowest BCUT2D eigenvalue weighted by Gasteiger charge is -2.05. The molecule has 0 saturated carbocycles. The molecule has 0 amide bonds. The number of aromatic nitrogens is 2. The predicted molar refractivity (Wildman–Crippen MR) is 53.6 cm³/mol. The van der Waals surface area contributed by atoms with Gasteiger partial charge in [-0.1, -0.05) is 12.1 Å². The number of methoxy groups -OCH3 is 1. The first-order chi connectivity index (χ1) is 7.22. The second kappa shape index (κ2) is 3.70. The van der Waals surface area contributed by atoms with E-state index in [9.17, 15) is 10.2 Å². The summed E-state index contributed by atoms with van der Waals surface area (Å²) in [5.41, 5.74) is 1.30. The summed E-state index contributed by atoms with van der Waals surface area (Å²) in [6, 6.07) is 4.83. The maximum Gasteiger partial charge on any atom is 0.317 e. The van der Waals surface area contributed by atoms with E-state index in [0.717, 1.165) is 5.56 Å². The number of hydrogen-bond acceptors (Lipinski definition) is 5. The highest BCUT2D eigenvalue weighted by Crippen LogP contribution is 2.25. The second-order valence-corrected chi connectivity index (χ2v) is 3.09. The zero-order chi connectivity index (χ0) is 10.8. The standard InChI is InChI=1S/C10H10N2O3/c1-15-5-6-3-2-4-7-8(6)11-10(14)12-9(7)13/h2-4H,5H2,1H3,(H2,11,12,13,14). The Morgan fingerprint density at radius 1 is 1.27 bits per heavy atom. The molecule has 15 heavy (non-hydrogen) atoms. The van der Waals surface area contributed by atoms with E-state index in [1.165, 1.54) is 0 Å². The number of aromatic hydroxyl groups is 2. The minimum absolute atomic E-state index is 0.226. The summed E-state index contributed by atoms with van der Waals surface area (Å²) in [5.74, 6) is -0.226. The van der Waals surface area contributed by atoms with Crippen LogP contribution in [0.25, 0.3) is 10.9 Å². The molecule has 1 heterocycles. The maximum absolute atomic E-state index is 9.49. The van der Waals surface area contributed by atoms with Crippen molar-refractivity contribution in [1.82, 2.24) is 9.97 Å². The van der Waals surface area contributed by atoms with Crippen LogP contribution in [0.4, 0.5) is 0 Å². The van der Waals surface area contributed by atoms with Gasteiger partial charge in [-0.05, 0) is 6.07 Å². The Kier molecular flexibility index (Phi) is 2.39. The van der Waals surface area contributed by atoms with Crippen LogP contribution in [-0.2, 0) is 11.3 Å². The van der Waals surface area contributed by atoms with Crippen LogP contribution in [0.5, 0.6) is 11.9 Å². The van der Waals surface area contributed by atoms with E-state index in [0.29, 0.717) is 17.5 Å². The smallest absolute Gasteiger partial charge is 0.317 e. The molecule has 2 N–H and O–H groups in total. The third-order valence-electron chi connectivity index (χ3n) is 2.08. The van der Waals surface area contributed by atoms with Gasteiger partial charge in [0.15, 0.2) is 0 Å². The number of rotatable bonds is 2. The molecular weight excluding hydrogens is 196 g/mol. The van der Waals surface area contributed by atoms with Gasteiger partial charge in [0.05, 0.1) is 17.5 Å². The first-order valence-electron chi connectivity index (χ1n) is 4.39. The molecule has 78 valence electrons. The van der Waals surface area contributed by atoms with Gasteiger partial charge in [0.1, 0.15) is 0 Å². The summed E-state index contributed by atoms with van der Waals surface area (Å²) < 4.78 is 4.99. The van der Waals surface area contributed by atoms with E-state index in [4.69, 9.17) is 4.74 Å². The number of ether oxygens (including phenoxy) is 1. The van der Waals surface area contributed by atoms with Crippen LogP contribution in [0, 0.1) is 0 Å². The van der Waals surface area contributed by atoms with Gasteiger partial charge in [-0.15, -0.1) is 0 Å². The van der Waals surface area contributed by atoms with Crippen LogP contribution >= 0.6 is 0 Å². The first-order valence-corrected chi connectivity index (χ1v) is 4.39. The Labute approximate surface area is 86.0 Å². The second-order valence-electron chi connectivity index (χ2n) is 3.09. The lowest BCUT2D eigenvalue weighted by molar-refractivity contribution is 0.186. The highest BCUT2D eigenvalue weighted by atomic mass is 16.5. The van der Waals surface area contributed by atoms with Gasteiger partial charge in [-0.3, -0.25) is 0 Å². The third-order valence-corrected chi connectivity index (χ3v) is 2.08. The molecule has 5 nitrogen and oxygen atoms in total. The van der Waals surface area contributed by atoms with Crippen LogP contribution in [0.1, 0.15) is 5.56 Å². The average Bonchev–Trinajstić information content (AvgIpc) is 2.19. The SMILES string of the molecule is COCc1cccc2c(O)nc(O)nc12. The van der Waals surface area contributed by atoms with Crippen LogP contribution in [0.15, 0.2) is 18.2 Å². The van der Waals surface area contributed by atoms with Crippen molar-refractivity contribution in [2.45, 2.75) is 6.61 Å². The summed E-state index contributed by atoms with van der Waals surface area (Å²) in [4.78, 5) is 7.32. The minimum Gasteiger partial charge on any atom is -0.493 e. The Morgan fingerprint density at radius 3 is 2.80 bits per heavy atom. The quantitative estimate of drug-likeness (QED) is 0.771. The summed E-state index contributed by atoms with van der Waals surface area (Å²) >= 11 is 0. The highest BCUT2D eigenvalue weighted by Gasteiger charge is 2.08. The Balaban J connectivity index is 2.73. The first kappa shape index (κ1) is 9.67. The molecule has 5 heteroatoms. The molecule has 0 aliphatic rings. The molecule has 1 aromatic heterocycles. The van der Waals surface area contributed by atoms with Crippen LogP contribution in [-0.4, -0.2) is 27.3 Å². The Bertz CT molecular complexity index is 499. The normalized spacial score (nSPS) is 10.7. The Morgan fingerprint density at radius 2 is 2.07 bits per heavy atom. The fraction of sp³-hybridized carbons (Fsp3) is 0.200. The molecule has 2 rings (SSSR count). The molecule has 0 fully saturated rings. The summed E-state index contributed by atoms with van der Waals surface area (Å²) in [6.07, 6.45) is 0. The monoisotopic (exact) mass is 206 g/mol. The van der Waals surface area contributed by atoms with Gasteiger partial charge in [0.25, 0.3) is 0 Å². The van der Waals surface area contributed by atoms with Crippen LogP contribution in [0.3, 0.4) is 0 Å². The van der Waals surface area contributed by atoms with E-state index < -0.39 is 6.01 Å². The molecule has 0 radical (unpaired) electrons. The minimum atomic E-state index is -0.441. The molecule has 0 spiro atoms. The molecule has 1 aromatic carbocycles. The zero-order valence-corrected chi connectivity index (χ0v) is 8.14. The largest absolute Gasteiger partial charge is 0.493 e. The van der Waals surface area contributed by atoms with Crippen molar-refractivity contribution in [2.75, 3.05) is 7.11 Å². The van der Waals surface area contributed by atoms with Crippen molar-refractivity contribution in [2.24, 2.45) is 0 Å². The lowest BCUT2D eigenvalue weighted by Crippen LogP contribution is -1.93. The van der Waals surface area contributed by atoms with Crippen molar-refractivity contribution < 1.29 is 14.9 Å². The van der Waals surface area contributed by atoms with Gasteiger partial charge in [-0.2, -0.15) is 9.97 Å². The highest BCUT2D eigenvalue weighted by molar-refractivity contribution is 5.86. The topological polar surface area (TPSA) is 75.5 Å². The zero-order valence-electron chi connectivity index (χ0n) is 8.14. The molecule has 0 bridgehead atoms. The lowest BCUT2D eigenvalue weighted by atomic mass is 10.1. The molecule has 0 unspecified atom stereocenters. The molecule has 0 aliphatic carbocycles. The average molecular weight is 206 g/mol. The van der Waals surface area contributed by atoms with Crippen LogP contribution in [0.2, 0.25) is 0 Å². The van der Waals surface area contributed by atoms with Gasteiger partial charge in [0.2, 0.25) is 5.88 Å². The Hall–Kier alpha value is -1.88. The number of hydrogen-bond donors (Lipinski definition) is 2. The number of nitrogens with zero attached hydrogens (tertiary/aromatic N) is 2. The number of fused-ring (bicyclic) bond motifs is 1. The van der Waals surface area contributed by atoms with E-state index in [1.807, 2.05) is 6.07 Å². The van der Waals surface area contributed by atoms with Crippen molar-refractivity contribution in [3.8, 4) is 11.9 Å². The van der Waals surface area contributed by atoms with Crippen molar-refractivity contribution in [3.63, 3.8) is 0 Å². The molecule has 0 atom stereocenters. The van der Waals surface area contributed by atoms with E-state index in [-0.39, 0.29) is 5.88 Å². The molecule has 0 saturated heterocycles. The predicted octanol–water partition coefficient (Wildman–Crippen LogP) is 1.19. The summed E-state index contributed by atoms with van der Waals surface area (Å²) in [6.45, 7) is 0.368. The maximum atomic E-state index is 9.49. The van der Waals surface area contributed by atoms with Crippen LogP contribution < -0.4 is 0 Å². The number of para-hydroxylation sites is 1. The molecule has 2 aromatic rings.